The molecule has 0 saturated carbocycles. The van der Waals surface area contributed by atoms with Gasteiger partial charge in [-0.05, 0) is 72.1 Å². The van der Waals surface area contributed by atoms with Crippen LogP contribution in [0, 0.1) is 0 Å². The Kier molecular flexibility index (Phi) is 5.93. The molecule has 2 rings (SSSR count). The van der Waals surface area contributed by atoms with Crippen molar-refractivity contribution in [2.75, 3.05) is 39.3 Å². The zero-order chi connectivity index (χ0) is 12.8. The van der Waals surface area contributed by atoms with Crippen LogP contribution in [0.3, 0.4) is 0 Å². The molecule has 2 fully saturated rings. The van der Waals surface area contributed by atoms with Gasteiger partial charge >= 0.3 is 0 Å². The van der Waals surface area contributed by atoms with Gasteiger partial charge in [-0.3, -0.25) is 0 Å². The highest BCUT2D eigenvalue weighted by molar-refractivity contribution is 4.77. The lowest BCUT2D eigenvalue weighted by atomic mass is 10.1. The van der Waals surface area contributed by atoms with Gasteiger partial charge in [0, 0.05) is 25.2 Å². The second kappa shape index (κ2) is 7.46. The van der Waals surface area contributed by atoms with Gasteiger partial charge in [-0.1, -0.05) is 0 Å². The summed E-state index contributed by atoms with van der Waals surface area (Å²) in [6.45, 7) is 12.3. The first-order valence-electron chi connectivity index (χ1n) is 7.95. The average molecular weight is 253 g/mol. The fourth-order valence-electron chi connectivity index (χ4n) is 3.27. The SMILES string of the molecule is CC(C)N1CCCC(NCCN2CCCC2)CC1. The number of rotatable bonds is 5. The predicted molar refractivity (Wildman–Crippen MR) is 78.0 cm³/mol. The Balaban J connectivity index is 1.61. The molecule has 2 saturated heterocycles. The molecule has 1 atom stereocenters. The predicted octanol–water partition coefficient (Wildman–Crippen LogP) is 1.93. The van der Waals surface area contributed by atoms with Crippen molar-refractivity contribution in [3.63, 3.8) is 0 Å². The third kappa shape index (κ3) is 4.52. The molecule has 2 aliphatic rings. The van der Waals surface area contributed by atoms with Crippen LogP contribution in [0.2, 0.25) is 0 Å². The maximum Gasteiger partial charge on any atom is 0.0107 e. The minimum atomic E-state index is 0.716. The minimum absolute atomic E-state index is 0.716. The molecule has 3 nitrogen and oxygen atoms in total. The van der Waals surface area contributed by atoms with Crippen molar-refractivity contribution < 1.29 is 0 Å². The Morgan fingerprint density at radius 1 is 1.00 bits per heavy atom. The summed E-state index contributed by atoms with van der Waals surface area (Å²) in [6, 6.07) is 1.48. The molecular formula is C15H31N3. The zero-order valence-electron chi connectivity index (χ0n) is 12.3. The molecule has 1 N–H and O–H groups in total. The van der Waals surface area contributed by atoms with E-state index in [-0.39, 0.29) is 0 Å². The second-order valence-corrected chi connectivity index (χ2v) is 6.26. The van der Waals surface area contributed by atoms with E-state index in [2.05, 4.69) is 29.0 Å². The monoisotopic (exact) mass is 253 g/mol. The quantitative estimate of drug-likeness (QED) is 0.808. The van der Waals surface area contributed by atoms with Crippen LogP contribution in [0.15, 0.2) is 0 Å². The molecule has 0 amide bonds. The molecule has 0 aromatic carbocycles. The van der Waals surface area contributed by atoms with E-state index < -0.39 is 0 Å². The summed E-state index contributed by atoms with van der Waals surface area (Å²) in [4.78, 5) is 5.23. The summed E-state index contributed by atoms with van der Waals surface area (Å²) >= 11 is 0. The normalized spacial score (nSPS) is 27.8. The molecule has 18 heavy (non-hydrogen) atoms. The Labute approximate surface area is 113 Å². The van der Waals surface area contributed by atoms with Crippen molar-refractivity contribution in [3.8, 4) is 0 Å². The lowest BCUT2D eigenvalue weighted by Gasteiger charge is -2.24. The van der Waals surface area contributed by atoms with Gasteiger partial charge in [0.05, 0.1) is 0 Å². The van der Waals surface area contributed by atoms with E-state index >= 15 is 0 Å². The maximum absolute atomic E-state index is 3.78. The highest BCUT2D eigenvalue weighted by Gasteiger charge is 2.18. The summed E-state index contributed by atoms with van der Waals surface area (Å²) in [7, 11) is 0. The molecule has 2 aliphatic heterocycles. The van der Waals surface area contributed by atoms with Crippen molar-refractivity contribution in [2.24, 2.45) is 0 Å². The third-order valence-corrected chi connectivity index (χ3v) is 4.55. The third-order valence-electron chi connectivity index (χ3n) is 4.55. The summed E-state index contributed by atoms with van der Waals surface area (Å²) in [6.07, 6.45) is 6.88. The summed E-state index contributed by atoms with van der Waals surface area (Å²) in [5.74, 6) is 0. The topological polar surface area (TPSA) is 18.5 Å². The molecule has 0 bridgehead atoms. The minimum Gasteiger partial charge on any atom is -0.313 e. The molecular weight excluding hydrogens is 222 g/mol. The van der Waals surface area contributed by atoms with Crippen molar-refractivity contribution in [1.29, 1.82) is 0 Å². The number of hydrogen-bond donors (Lipinski definition) is 1. The lowest BCUT2D eigenvalue weighted by molar-refractivity contribution is 0.228. The van der Waals surface area contributed by atoms with Crippen molar-refractivity contribution in [2.45, 2.75) is 58.0 Å². The standard InChI is InChI=1S/C15H31N3/c1-14(2)18-11-5-6-15(7-12-18)16-8-13-17-9-3-4-10-17/h14-16H,3-13H2,1-2H3. The van der Waals surface area contributed by atoms with Gasteiger partial charge in [0.15, 0.2) is 0 Å². The van der Waals surface area contributed by atoms with Crippen LogP contribution in [0.5, 0.6) is 0 Å². The number of nitrogens with zero attached hydrogens (tertiary/aromatic N) is 2. The maximum atomic E-state index is 3.78. The van der Waals surface area contributed by atoms with Crippen LogP contribution in [-0.2, 0) is 0 Å². The Morgan fingerprint density at radius 2 is 1.78 bits per heavy atom. The Morgan fingerprint density at radius 3 is 2.50 bits per heavy atom. The van der Waals surface area contributed by atoms with E-state index in [1.54, 1.807) is 0 Å². The van der Waals surface area contributed by atoms with Gasteiger partial charge < -0.3 is 15.1 Å². The summed E-state index contributed by atoms with van der Waals surface area (Å²) in [5.41, 5.74) is 0. The van der Waals surface area contributed by atoms with Crippen LogP contribution in [-0.4, -0.2) is 61.2 Å². The largest absolute Gasteiger partial charge is 0.313 e. The van der Waals surface area contributed by atoms with Gasteiger partial charge in [-0.25, -0.2) is 0 Å². The Hall–Kier alpha value is -0.120. The van der Waals surface area contributed by atoms with E-state index in [1.165, 1.54) is 71.4 Å². The summed E-state index contributed by atoms with van der Waals surface area (Å²) < 4.78 is 0. The first kappa shape index (κ1) is 14.3. The number of likely N-dealkylation sites (tertiary alicyclic amines) is 2. The first-order valence-corrected chi connectivity index (χ1v) is 7.95. The molecule has 1 unspecified atom stereocenters. The van der Waals surface area contributed by atoms with Gasteiger partial charge in [-0.2, -0.15) is 0 Å². The van der Waals surface area contributed by atoms with Crippen LogP contribution in [0.1, 0.15) is 46.0 Å². The van der Waals surface area contributed by atoms with Crippen molar-refractivity contribution in [1.82, 2.24) is 15.1 Å². The Bertz CT molecular complexity index is 224. The van der Waals surface area contributed by atoms with E-state index in [0.29, 0.717) is 6.04 Å². The van der Waals surface area contributed by atoms with Crippen LogP contribution < -0.4 is 5.32 Å². The summed E-state index contributed by atoms with van der Waals surface area (Å²) in [5, 5.41) is 3.78. The van der Waals surface area contributed by atoms with Crippen LogP contribution in [0.4, 0.5) is 0 Å². The molecule has 0 radical (unpaired) electrons. The molecule has 0 aromatic rings. The van der Waals surface area contributed by atoms with Gasteiger partial charge in [0.2, 0.25) is 0 Å². The molecule has 3 heteroatoms. The number of nitrogens with one attached hydrogen (secondary N) is 1. The molecule has 2 heterocycles. The molecule has 0 aromatic heterocycles. The van der Waals surface area contributed by atoms with Gasteiger partial charge in [0.1, 0.15) is 0 Å². The lowest BCUT2D eigenvalue weighted by Crippen LogP contribution is -2.37. The van der Waals surface area contributed by atoms with E-state index in [0.717, 1.165) is 6.04 Å². The van der Waals surface area contributed by atoms with E-state index in [4.69, 9.17) is 0 Å². The van der Waals surface area contributed by atoms with Crippen molar-refractivity contribution >= 4 is 0 Å². The van der Waals surface area contributed by atoms with Gasteiger partial charge in [-0.15, -0.1) is 0 Å². The number of hydrogen-bond acceptors (Lipinski definition) is 3. The fraction of sp³-hybridized carbons (Fsp3) is 1.00. The fourth-order valence-corrected chi connectivity index (χ4v) is 3.27. The molecule has 106 valence electrons. The van der Waals surface area contributed by atoms with E-state index in [9.17, 15) is 0 Å². The molecule has 0 aliphatic carbocycles. The van der Waals surface area contributed by atoms with Crippen LogP contribution >= 0.6 is 0 Å². The van der Waals surface area contributed by atoms with E-state index in [1.807, 2.05) is 0 Å². The van der Waals surface area contributed by atoms with Crippen LogP contribution in [0.25, 0.3) is 0 Å². The average Bonchev–Trinajstić information content (AvgIpc) is 2.73. The van der Waals surface area contributed by atoms with Gasteiger partial charge in [0.25, 0.3) is 0 Å². The smallest absolute Gasteiger partial charge is 0.0107 e. The second-order valence-electron chi connectivity index (χ2n) is 6.26. The highest BCUT2D eigenvalue weighted by atomic mass is 15.2. The molecule has 0 spiro atoms. The van der Waals surface area contributed by atoms with Crippen molar-refractivity contribution in [3.05, 3.63) is 0 Å². The zero-order valence-corrected chi connectivity index (χ0v) is 12.3. The first-order chi connectivity index (χ1) is 8.75. The highest BCUT2D eigenvalue weighted by Crippen LogP contribution is 2.13.